The molecule has 2 unspecified atom stereocenters. The van der Waals surface area contributed by atoms with E-state index in [1.54, 1.807) is 4.90 Å². The van der Waals surface area contributed by atoms with Gasteiger partial charge in [-0.15, -0.1) is 0 Å². The molecule has 21 heavy (non-hydrogen) atoms. The lowest BCUT2D eigenvalue weighted by molar-refractivity contribution is -0.152. The van der Waals surface area contributed by atoms with E-state index in [1.807, 2.05) is 13.8 Å². The number of hydrogen-bond acceptors (Lipinski definition) is 2. The number of unbranched alkanes of at least 4 members (excludes halogenated alkanes) is 1. The third-order valence-electron chi connectivity index (χ3n) is 4.41. The topological polar surface area (TPSA) is 69.6 Å². The molecule has 5 heteroatoms. The maximum Gasteiger partial charge on any atom is 0.317 e. The first kappa shape index (κ1) is 17.8. The summed E-state index contributed by atoms with van der Waals surface area (Å²) < 4.78 is 0. The molecule has 2 N–H and O–H groups in total. The van der Waals surface area contributed by atoms with Gasteiger partial charge >= 0.3 is 12.0 Å². The van der Waals surface area contributed by atoms with Crippen molar-refractivity contribution in [1.82, 2.24) is 10.2 Å². The van der Waals surface area contributed by atoms with Crippen molar-refractivity contribution in [3.63, 3.8) is 0 Å². The van der Waals surface area contributed by atoms with E-state index < -0.39 is 11.4 Å². The van der Waals surface area contributed by atoms with Gasteiger partial charge in [0.2, 0.25) is 0 Å². The van der Waals surface area contributed by atoms with Gasteiger partial charge in [-0.3, -0.25) is 4.79 Å². The summed E-state index contributed by atoms with van der Waals surface area (Å²) in [5, 5.41) is 12.6. The molecule has 2 amide bonds. The van der Waals surface area contributed by atoms with Crippen LogP contribution < -0.4 is 5.32 Å². The molecule has 2 atom stereocenters. The Bertz CT molecular complexity index is 355. The van der Waals surface area contributed by atoms with Crippen molar-refractivity contribution in [2.75, 3.05) is 13.1 Å². The van der Waals surface area contributed by atoms with Gasteiger partial charge in [0.25, 0.3) is 0 Å². The van der Waals surface area contributed by atoms with Crippen molar-refractivity contribution >= 4 is 12.0 Å². The van der Waals surface area contributed by atoms with Crippen LogP contribution in [0.15, 0.2) is 0 Å². The van der Waals surface area contributed by atoms with Crippen LogP contribution in [0.4, 0.5) is 4.79 Å². The molecule has 1 saturated heterocycles. The van der Waals surface area contributed by atoms with Crippen molar-refractivity contribution in [2.24, 2.45) is 5.41 Å². The van der Waals surface area contributed by atoms with Gasteiger partial charge in [-0.1, -0.05) is 33.1 Å². The highest BCUT2D eigenvalue weighted by Gasteiger charge is 2.42. The minimum atomic E-state index is -0.763. The quantitative estimate of drug-likeness (QED) is 0.758. The van der Waals surface area contributed by atoms with E-state index in [1.165, 1.54) is 0 Å². The van der Waals surface area contributed by atoms with Gasteiger partial charge in [0, 0.05) is 19.1 Å². The van der Waals surface area contributed by atoms with Gasteiger partial charge in [-0.05, 0) is 32.6 Å². The van der Waals surface area contributed by atoms with Crippen molar-refractivity contribution in [3.8, 4) is 0 Å². The number of amides is 2. The average molecular weight is 298 g/mol. The van der Waals surface area contributed by atoms with Crippen LogP contribution >= 0.6 is 0 Å². The van der Waals surface area contributed by atoms with Gasteiger partial charge in [0.1, 0.15) is 0 Å². The van der Waals surface area contributed by atoms with Gasteiger partial charge in [0.15, 0.2) is 0 Å². The van der Waals surface area contributed by atoms with Crippen molar-refractivity contribution in [2.45, 2.75) is 71.8 Å². The molecule has 1 fully saturated rings. The normalized spacial score (nSPS) is 23.7. The summed E-state index contributed by atoms with van der Waals surface area (Å²) in [6.07, 6.45) is 6.08. The second-order valence-corrected chi connectivity index (χ2v) is 6.35. The Morgan fingerprint density at radius 1 is 1.33 bits per heavy atom. The van der Waals surface area contributed by atoms with Gasteiger partial charge in [-0.25, -0.2) is 4.79 Å². The number of carbonyl (C=O) groups is 2. The number of nitrogens with zero attached hydrogens (tertiary/aromatic N) is 1. The van der Waals surface area contributed by atoms with E-state index in [-0.39, 0.29) is 12.1 Å². The Morgan fingerprint density at radius 3 is 2.62 bits per heavy atom. The van der Waals surface area contributed by atoms with E-state index in [2.05, 4.69) is 12.2 Å². The zero-order chi connectivity index (χ0) is 15.9. The summed E-state index contributed by atoms with van der Waals surface area (Å²) in [6, 6.07) is 0.0322. The van der Waals surface area contributed by atoms with Crippen LogP contribution in [0, 0.1) is 5.41 Å². The van der Waals surface area contributed by atoms with E-state index in [0.29, 0.717) is 25.9 Å². The molecule has 0 aromatic carbocycles. The molecule has 0 saturated carbocycles. The van der Waals surface area contributed by atoms with Crippen LogP contribution in [0.3, 0.4) is 0 Å². The molecule has 0 radical (unpaired) electrons. The molecule has 1 aliphatic rings. The summed E-state index contributed by atoms with van der Waals surface area (Å²) >= 11 is 0. The number of likely N-dealkylation sites (tertiary alicyclic amines) is 1. The second kappa shape index (κ2) is 8.25. The number of carboxylic acids is 1. The zero-order valence-corrected chi connectivity index (χ0v) is 13.7. The second-order valence-electron chi connectivity index (χ2n) is 6.35. The van der Waals surface area contributed by atoms with E-state index in [0.717, 1.165) is 32.1 Å². The number of hydrogen-bond donors (Lipinski definition) is 2. The fraction of sp³-hybridized carbons (Fsp3) is 0.875. The first-order valence-corrected chi connectivity index (χ1v) is 8.24. The lowest BCUT2D eigenvalue weighted by Gasteiger charge is -2.40. The Labute approximate surface area is 128 Å². The molecule has 0 aromatic rings. The Kier molecular flexibility index (Phi) is 6.99. The predicted octanol–water partition coefficient (Wildman–Crippen LogP) is 3.24. The molecule has 5 nitrogen and oxygen atoms in total. The van der Waals surface area contributed by atoms with Gasteiger partial charge in [-0.2, -0.15) is 0 Å². The Hall–Kier alpha value is -1.26. The fourth-order valence-electron chi connectivity index (χ4n) is 3.15. The molecule has 0 bridgehead atoms. The van der Waals surface area contributed by atoms with Gasteiger partial charge < -0.3 is 15.3 Å². The van der Waals surface area contributed by atoms with Crippen LogP contribution in [-0.4, -0.2) is 41.1 Å². The van der Waals surface area contributed by atoms with Crippen molar-refractivity contribution in [1.29, 1.82) is 0 Å². The molecule has 1 heterocycles. The van der Waals surface area contributed by atoms with Crippen LogP contribution in [0.25, 0.3) is 0 Å². The molecule has 0 spiro atoms. The number of aliphatic carboxylic acids is 1. The lowest BCUT2D eigenvalue weighted by Crippen LogP contribution is -2.53. The van der Waals surface area contributed by atoms with E-state index in [4.69, 9.17) is 0 Å². The summed E-state index contributed by atoms with van der Waals surface area (Å²) in [5.74, 6) is -0.763. The monoisotopic (exact) mass is 298 g/mol. The summed E-state index contributed by atoms with van der Waals surface area (Å²) in [4.78, 5) is 25.6. The molecule has 0 aliphatic carbocycles. The summed E-state index contributed by atoms with van der Waals surface area (Å²) in [5.41, 5.74) is -0.753. The first-order valence-electron chi connectivity index (χ1n) is 8.24. The van der Waals surface area contributed by atoms with Crippen molar-refractivity contribution < 1.29 is 14.7 Å². The predicted molar refractivity (Wildman–Crippen MR) is 83.3 cm³/mol. The van der Waals surface area contributed by atoms with Crippen LogP contribution in [0.2, 0.25) is 0 Å². The third kappa shape index (κ3) is 4.90. The molecular weight excluding hydrogens is 268 g/mol. The third-order valence-corrected chi connectivity index (χ3v) is 4.41. The number of nitrogens with one attached hydrogen (secondary N) is 1. The highest BCUT2D eigenvalue weighted by atomic mass is 16.4. The highest BCUT2D eigenvalue weighted by Crippen LogP contribution is 2.35. The van der Waals surface area contributed by atoms with Crippen LogP contribution in [-0.2, 0) is 4.79 Å². The van der Waals surface area contributed by atoms with Crippen molar-refractivity contribution in [3.05, 3.63) is 0 Å². The first-order chi connectivity index (χ1) is 9.95. The van der Waals surface area contributed by atoms with E-state index in [9.17, 15) is 14.7 Å². The Morgan fingerprint density at radius 2 is 2.05 bits per heavy atom. The number of carboxylic acid groups (broad SMARTS) is 1. The smallest absolute Gasteiger partial charge is 0.317 e. The summed E-state index contributed by atoms with van der Waals surface area (Å²) in [6.45, 7) is 7.13. The molecule has 1 rings (SSSR count). The maximum atomic E-state index is 12.3. The minimum absolute atomic E-state index is 0.111. The van der Waals surface area contributed by atoms with Crippen LogP contribution in [0.1, 0.15) is 65.7 Å². The summed E-state index contributed by atoms with van der Waals surface area (Å²) in [7, 11) is 0. The zero-order valence-electron chi connectivity index (χ0n) is 13.7. The molecule has 122 valence electrons. The number of carbonyl (C=O) groups excluding carboxylic acids is 1. The standard InChI is InChI=1S/C16H30N2O3/c1-4-6-8-13(3)17-15(21)18-11-7-10-16(12-18,9-5-2)14(19)20/h13H,4-12H2,1-3H3,(H,17,21)(H,19,20). The van der Waals surface area contributed by atoms with Gasteiger partial charge in [0.05, 0.1) is 5.41 Å². The molecule has 0 aromatic heterocycles. The van der Waals surface area contributed by atoms with E-state index >= 15 is 0 Å². The fourth-order valence-corrected chi connectivity index (χ4v) is 3.15. The SMILES string of the molecule is CCCCC(C)NC(=O)N1CCCC(CCC)(C(=O)O)C1. The highest BCUT2D eigenvalue weighted by molar-refractivity contribution is 5.79. The maximum absolute atomic E-state index is 12.3. The largest absolute Gasteiger partial charge is 0.481 e. The van der Waals surface area contributed by atoms with Crippen LogP contribution in [0.5, 0.6) is 0 Å². The average Bonchev–Trinajstić information content (AvgIpc) is 2.45. The minimum Gasteiger partial charge on any atom is -0.481 e. The molecule has 1 aliphatic heterocycles. The number of urea groups is 1. The molecular formula is C16H30N2O3. The lowest BCUT2D eigenvalue weighted by atomic mass is 9.76. The Balaban J connectivity index is 2.62. The number of rotatable bonds is 7. The number of piperidine rings is 1.